The first-order chi connectivity index (χ1) is 10.0. The third kappa shape index (κ3) is 3.64. The van der Waals surface area contributed by atoms with E-state index < -0.39 is 0 Å². The Morgan fingerprint density at radius 3 is 2.76 bits per heavy atom. The molecule has 6 heteroatoms. The largest absolute Gasteiger partial charge is 0.385 e. The maximum Gasteiger partial charge on any atom is 0.257 e. The minimum atomic E-state index is -0.292. The number of halogens is 1. The van der Waals surface area contributed by atoms with Gasteiger partial charge >= 0.3 is 0 Å². The van der Waals surface area contributed by atoms with E-state index in [-0.39, 0.29) is 11.5 Å². The molecule has 21 heavy (non-hydrogen) atoms. The van der Waals surface area contributed by atoms with Crippen molar-refractivity contribution >= 4 is 28.9 Å². The Kier molecular flexibility index (Phi) is 4.65. The molecule has 0 radical (unpaired) electrons. The lowest BCUT2D eigenvalue weighted by Crippen LogP contribution is -2.17. The maximum absolute atomic E-state index is 12.4. The smallest absolute Gasteiger partial charge is 0.257 e. The number of nitrogens with one attached hydrogen (secondary N) is 3. The van der Waals surface area contributed by atoms with Crippen LogP contribution in [-0.2, 0) is 0 Å². The molecule has 0 aliphatic heterocycles. The van der Waals surface area contributed by atoms with Crippen LogP contribution in [0.15, 0.2) is 35.3 Å². The molecule has 3 N–H and O–H groups in total. The van der Waals surface area contributed by atoms with E-state index in [1.165, 1.54) is 6.20 Å². The number of carbonyl (C=O) groups excluding carboxylic acids is 1. The molecular formula is C15H16ClN3O2. The molecule has 0 atom stereocenters. The Labute approximate surface area is 127 Å². The van der Waals surface area contributed by atoms with Crippen LogP contribution >= 0.6 is 11.6 Å². The van der Waals surface area contributed by atoms with Crippen LogP contribution in [-0.4, -0.2) is 17.4 Å². The number of aromatic nitrogens is 1. The fraction of sp³-hybridized carbons (Fsp3) is 0.200. The number of H-pyrrole nitrogens is 1. The zero-order valence-electron chi connectivity index (χ0n) is 11.8. The van der Waals surface area contributed by atoms with E-state index in [1.54, 1.807) is 31.2 Å². The number of hydrogen-bond donors (Lipinski definition) is 3. The van der Waals surface area contributed by atoms with Gasteiger partial charge in [-0.2, -0.15) is 0 Å². The highest BCUT2D eigenvalue weighted by Crippen LogP contribution is 2.22. The zero-order chi connectivity index (χ0) is 15.4. The van der Waals surface area contributed by atoms with E-state index in [1.807, 2.05) is 6.92 Å². The summed E-state index contributed by atoms with van der Waals surface area (Å²) in [5, 5.41) is 6.34. The number of rotatable bonds is 4. The van der Waals surface area contributed by atoms with Crippen molar-refractivity contribution < 1.29 is 4.79 Å². The fourth-order valence-corrected chi connectivity index (χ4v) is 2.09. The van der Waals surface area contributed by atoms with Gasteiger partial charge in [0.25, 0.3) is 11.5 Å². The van der Waals surface area contributed by atoms with E-state index in [0.29, 0.717) is 34.1 Å². The average molecular weight is 306 g/mol. The molecule has 0 aliphatic carbocycles. The summed E-state index contributed by atoms with van der Waals surface area (Å²) in [5.41, 5.74) is 2.04. The second-order valence-electron chi connectivity index (χ2n) is 4.57. The van der Waals surface area contributed by atoms with Gasteiger partial charge < -0.3 is 15.6 Å². The first-order valence-electron chi connectivity index (χ1n) is 6.55. The zero-order valence-corrected chi connectivity index (χ0v) is 12.5. The van der Waals surface area contributed by atoms with E-state index >= 15 is 0 Å². The van der Waals surface area contributed by atoms with Crippen LogP contribution in [0.5, 0.6) is 0 Å². The molecule has 0 unspecified atom stereocenters. The molecule has 110 valence electrons. The third-order valence-corrected chi connectivity index (χ3v) is 3.18. The first kappa shape index (κ1) is 15.1. The van der Waals surface area contributed by atoms with Crippen LogP contribution < -0.4 is 16.2 Å². The van der Waals surface area contributed by atoms with Crippen LogP contribution in [0.1, 0.15) is 22.8 Å². The summed E-state index contributed by atoms with van der Waals surface area (Å²) < 4.78 is 0. The van der Waals surface area contributed by atoms with E-state index in [0.717, 1.165) is 0 Å². The van der Waals surface area contributed by atoms with Gasteiger partial charge in [0.2, 0.25) is 0 Å². The van der Waals surface area contributed by atoms with Gasteiger partial charge in [-0.1, -0.05) is 11.6 Å². The van der Waals surface area contributed by atoms with E-state index in [2.05, 4.69) is 15.6 Å². The molecule has 1 amide bonds. The Morgan fingerprint density at radius 2 is 2.10 bits per heavy atom. The maximum atomic E-state index is 12.4. The van der Waals surface area contributed by atoms with Crippen molar-refractivity contribution in [1.29, 1.82) is 0 Å². The molecule has 0 spiro atoms. The van der Waals surface area contributed by atoms with Crippen LogP contribution in [0, 0.1) is 6.92 Å². The molecule has 0 saturated heterocycles. The van der Waals surface area contributed by atoms with Gasteiger partial charge in [0.15, 0.2) is 0 Å². The molecule has 5 nitrogen and oxygen atoms in total. The minimum Gasteiger partial charge on any atom is -0.385 e. The lowest BCUT2D eigenvalue weighted by molar-refractivity contribution is 0.102. The highest BCUT2D eigenvalue weighted by atomic mass is 35.5. The number of pyridine rings is 1. The normalized spacial score (nSPS) is 10.2. The van der Waals surface area contributed by atoms with E-state index in [9.17, 15) is 9.59 Å². The Hall–Kier alpha value is -2.27. The third-order valence-electron chi connectivity index (χ3n) is 2.94. The highest BCUT2D eigenvalue weighted by Gasteiger charge is 2.12. The second-order valence-corrected chi connectivity index (χ2v) is 5.01. The molecule has 1 heterocycles. The van der Waals surface area contributed by atoms with Gasteiger partial charge in [0.05, 0.1) is 11.3 Å². The molecular weight excluding hydrogens is 290 g/mol. The standard InChI is InChI=1S/C15H16ClN3O2/c1-3-17-13-5-4-10(16)7-12(13)15(21)19-11-6-9(2)14(20)18-8-11/h4-8,17H,3H2,1-2H3,(H,18,20)(H,19,21). The monoisotopic (exact) mass is 305 g/mol. The van der Waals surface area contributed by atoms with Gasteiger partial charge in [-0.25, -0.2) is 0 Å². The summed E-state index contributed by atoms with van der Waals surface area (Å²) >= 11 is 5.95. The quantitative estimate of drug-likeness (QED) is 0.813. The highest BCUT2D eigenvalue weighted by molar-refractivity contribution is 6.31. The van der Waals surface area contributed by atoms with Crippen molar-refractivity contribution in [3.05, 3.63) is 57.0 Å². The van der Waals surface area contributed by atoms with Crippen molar-refractivity contribution in [3.8, 4) is 0 Å². The number of aryl methyl sites for hydroxylation is 1. The predicted octanol–water partition coefficient (Wildman–Crippen LogP) is 3.02. The average Bonchev–Trinajstić information content (AvgIpc) is 2.45. The van der Waals surface area contributed by atoms with Crippen LogP contribution in [0.2, 0.25) is 5.02 Å². The SMILES string of the molecule is CCNc1ccc(Cl)cc1C(=O)Nc1c[nH]c(=O)c(C)c1. The summed E-state index contributed by atoms with van der Waals surface area (Å²) in [6, 6.07) is 6.71. The van der Waals surface area contributed by atoms with Gasteiger partial charge in [-0.3, -0.25) is 9.59 Å². The summed E-state index contributed by atoms with van der Waals surface area (Å²) in [6.45, 7) is 4.32. The molecule has 0 saturated carbocycles. The van der Waals surface area contributed by atoms with Crippen molar-refractivity contribution in [3.63, 3.8) is 0 Å². The lowest BCUT2D eigenvalue weighted by Gasteiger charge is -2.11. The van der Waals surface area contributed by atoms with Gasteiger partial charge in [0.1, 0.15) is 0 Å². The molecule has 2 rings (SSSR count). The summed E-state index contributed by atoms with van der Waals surface area (Å²) in [4.78, 5) is 26.2. The van der Waals surface area contributed by atoms with Gasteiger partial charge in [-0.15, -0.1) is 0 Å². The number of aromatic amines is 1. The van der Waals surface area contributed by atoms with Crippen molar-refractivity contribution in [2.75, 3.05) is 17.2 Å². The fourth-order valence-electron chi connectivity index (χ4n) is 1.92. The predicted molar refractivity (Wildman–Crippen MR) is 85.4 cm³/mol. The Balaban J connectivity index is 2.29. The van der Waals surface area contributed by atoms with Gasteiger partial charge in [0, 0.05) is 29.0 Å². The minimum absolute atomic E-state index is 0.177. The number of benzene rings is 1. The number of hydrogen-bond acceptors (Lipinski definition) is 3. The topological polar surface area (TPSA) is 74.0 Å². The first-order valence-corrected chi connectivity index (χ1v) is 6.93. The summed E-state index contributed by atoms with van der Waals surface area (Å²) in [5.74, 6) is -0.292. The molecule has 2 aromatic rings. The molecule has 1 aromatic carbocycles. The lowest BCUT2D eigenvalue weighted by atomic mass is 10.1. The molecule has 0 aliphatic rings. The van der Waals surface area contributed by atoms with Crippen LogP contribution in [0.4, 0.5) is 11.4 Å². The van der Waals surface area contributed by atoms with Gasteiger partial charge in [-0.05, 0) is 38.1 Å². The summed E-state index contributed by atoms with van der Waals surface area (Å²) in [6.07, 6.45) is 1.46. The van der Waals surface area contributed by atoms with E-state index in [4.69, 9.17) is 11.6 Å². The number of anilines is 2. The van der Waals surface area contributed by atoms with Crippen LogP contribution in [0.25, 0.3) is 0 Å². The Bertz CT molecular complexity index is 725. The van der Waals surface area contributed by atoms with Crippen molar-refractivity contribution in [2.45, 2.75) is 13.8 Å². The Morgan fingerprint density at radius 1 is 1.33 bits per heavy atom. The number of carbonyl (C=O) groups is 1. The van der Waals surface area contributed by atoms with Crippen molar-refractivity contribution in [2.24, 2.45) is 0 Å². The number of amides is 1. The second kappa shape index (κ2) is 6.45. The molecule has 0 fully saturated rings. The summed E-state index contributed by atoms with van der Waals surface area (Å²) in [7, 11) is 0. The molecule has 1 aromatic heterocycles. The van der Waals surface area contributed by atoms with Crippen molar-refractivity contribution in [1.82, 2.24) is 4.98 Å². The molecule has 0 bridgehead atoms. The van der Waals surface area contributed by atoms with Crippen LogP contribution in [0.3, 0.4) is 0 Å².